The van der Waals surface area contributed by atoms with Gasteiger partial charge in [-0.15, -0.1) is 0 Å². The summed E-state index contributed by atoms with van der Waals surface area (Å²) >= 11 is 0. The number of piperidine rings is 1. The van der Waals surface area contributed by atoms with Crippen LogP contribution in [-0.4, -0.2) is 47.3 Å². The Hall–Kier alpha value is -2.17. The fraction of sp³-hybridized carbons (Fsp3) is 0.435. The monoisotopic (exact) mass is 367 g/mol. The minimum Gasteiger partial charge on any atom is -0.396 e. The van der Waals surface area contributed by atoms with E-state index in [9.17, 15) is 15.0 Å². The van der Waals surface area contributed by atoms with E-state index in [1.807, 2.05) is 24.3 Å². The number of aliphatic hydroxyl groups is 2. The van der Waals surface area contributed by atoms with Crippen LogP contribution in [0, 0.1) is 11.8 Å². The van der Waals surface area contributed by atoms with Gasteiger partial charge in [-0.1, -0.05) is 49.7 Å². The molecule has 1 heterocycles. The summed E-state index contributed by atoms with van der Waals surface area (Å²) in [6.45, 7) is 3.37. The van der Waals surface area contributed by atoms with E-state index >= 15 is 0 Å². The van der Waals surface area contributed by atoms with Gasteiger partial charge in [-0.3, -0.25) is 4.79 Å². The summed E-state index contributed by atoms with van der Waals surface area (Å²) in [5.74, 6) is 0.0537. The molecule has 1 fully saturated rings. The van der Waals surface area contributed by atoms with E-state index in [0.717, 1.165) is 30.4 Å². The van der Waals surface area contributed by atoms with E-state index in [1.165, 1.54) is 5.56 Å². The Kier molecular flexibility index (Phi) is 6.64. The molecule has 1 saturated heterocycles. The van der Waals surface area contributed by atoms with E-state index in [0.29, 0.717) is 18.7 Å². The topological polar surface area (TPSA) is 60.8 Å². The van der Waals surface area contributed by atoms with Gasteiger partial charge in [0, 0.05) is 43.7 Å². The van der Waals surface area contributed by atoms with Crippen molar-refractivity contribution in [2.24, 2.45) is 11.8 Å². The summed E-state index contributed by atoms with van der Waals surface area (Å²) in [5, 5.41) is 18.9. The van der Waals surface area contributed by atoms with Crippen molar-refractivity contribution < 1.29 is 15.0 Å². The third-order valence-corrected chi connectivity index (χ3v) is 5.39. The lowest BCUT2D eigenvalue weighted by atomic mass is 9.89. The first-order valence-electron chi connectivity index (χ1n) is 9.85. The van der Waals surface area contributed by atoms with Crippen molar-refractivity contribution in [1.29, 1.82) is 0 Å². The normalized spacial score (nSPS) is 19.9. The summed E-state index contributed by atoms with van der Waals surface area (Å²) in [4.78, 5) is 14.6. The van der Waals surface area contributed by atoms with Crippen molar-refractivity contribution in [3.8, 4) is 11.1 Å². The quantitative estimate of drug-likeness (QED) is 0.823. The third kappa shape index (κ3) is 4.76. The first-order valence-corrected chi connectivity index (χ1v) is 9.85. The number of carbonyl (C=O) groups excluding carboxylic acids is 1. The molecule has 0 spiro atoms. The molecule has 4 heteroatoms. The van der Waals surface area contributed by atoms with Gasteiger partial charge in [-0.25, -0.2) is 0 Å². The minimum absolute atomic E-state index is 0.0311. The van der Waals surface area contributed by atoms with E-state index in [2.05, 4.69) is 31.2 Å². The molecule has 0 aromatic heterocycles. The molecule has 2 atom stereocenters. The molecular weight excluding hydrogens is 338 g/mol. The van der Waals surface area contributed by atoms with Gasteiger partial charge in [-0.05, 0) is 41.7 Å². The summed E-state index contributed by atoms with van der Waals surface area (Å²) in [7, 11) is 0. The second-order valence-corrected chi connectivity index (χ2v) is 7.57. The molecule has 1 amide bonds. The molecule has 2 aromatic carbocycles. The smallest absolute Gasteiger partial charge is 0.253 e. The molecular formula is C23H29NO3. The largest absolute Gasteiger partial charge is 0.396 e. The standard InChI is InChI=1S/C23H29NO3/c1-2-3-17-4-6-20(7-5-17)21-8-10-22(11-9-21)23(27)24-13-18(15-25)12-19(14-24)16-26/h4-11,18-19,25-26H,2-3,12-16H2,1H3/t18-,19+. The molecule has 3 rings (SSSR count). The highest BCUT2D eigenvalue weighted by atomic mass is 16.3. The average molecular weight is 367 g/mol. The van der Waals surface area contributed by atoms with Gasteiger partial charge in [-0.2, -0.15) is 0 Å². The van der Waals surface area contributed by atoms with Crippen LogP contribution < -0.4 is 0 Å². The Bertz CT molecular complexity index is 727. The van der Waals surface area contributed by atoms with Gasteiger partial charge in [0.1, 0.15) is 0 Å². The number of nitrogens with zero attached hydrogens (tertiary/aromatic N) is 1. The molecule has 27 heavy (non-hydrogen) atoms. The van der Waals surface area contributed by atoms with Gasteiger partial charge >= 0.3 is 0 Å². The zero-order valence-corrected chi connectivity index (χ0v) is 16.0. The van der Waals surface area contributed by atoms with E-state index < -0.39 is 0 Å². The molecule has 0 aliphatic carbocycles. The van der Waals surface area contributed by atoms with Crippen molar-refractivity contribution in [2.75, 3.05) is 26.3 Å². The van der Waals surface area contributed by atoms with Crippen LogP contribution >= 0.6 is 0 Å². The number of rotatable bonds is 6. The summed E-state index contributed by atoms with van der Waals surface area (Å²) < 4.78 is 0. The highest BCUT2D eigenvalue weighted by molar-refractivity contribution is 5.94. The van der Waals surface area contributed by atoms with Crippen molar-refractivity contribution in [3.63, 3.8) is 0 Å². The lowest BCUT2D eigenvalue weighted by Crippen LogP contribution is -2.45. The zero-order chi connectivity index (χ0) is 19.2. The predicted molar refractivity (Wildman–Crippen MR) is 108 cm³/mol. The van der Waals surface area contributed by atoms with Crippen LogP contribution in [0.4, 0.5) is 0 Å². The second kappa shape index (κ2) is 9.16. The molecule has 0 bridgehead atoms. The highest BCUT2D eigenvalue weighted by Crippen LogP contribution is 2.25. The maximum Gasteiger partial charge on any atom is 0.253 e. The molecule has 0 unspecified atom stereocenters. The van der Waals surface area contributed by atoms with Crippen LogP contribution in [0.25, 0.3) is 11.1 Å². The number of benzene rings is 2. The van der Waals surface area contributed by atoms with Crippen molar-refractivity contribution in [1.82, 2.24) is 4.90 Å². The summed E-state index contributed by atoms with van der Waals surface area (Å²) in [6.07, 6.45) is 3.00. The Morgan fingerprint density at radius 1 is 0.926 bits per heavy atom. The van der Waals surface area contributed by atoms with Crippen LogP contribution in [-0.2, 0) is 6.42 Å². The number of hydrogen-bond acceptors (Lipinski definition) is 3. The Balaban J connectivity index is 1.71. The fourth-order valence-electron chi connectivity index (χ4n) is 3.89. The number of hydrogen-bond donors (Lipinski definition) is 2. The fourth-order valence-corrected chi connectivity index (χ4v) is 3.89. The van der Waals surface area contributed by atoms with Crippen LogP contribution in [0.15, 0.2) is 48.5 Å². The molecule has 2 N–H and O–H groups in total. The van der Waals surface area contributed by atoms with Crippen LogP contribution in [0.5, 0.6) is 0 Å². The highest BCUT2D eigenvalue weighted by Gasteiger charge is 2.29. The number of aliphatic hydroxyl groups excluding tert-OH is 2. The molecule has 0 radical (unpaired) electrons. The maximum absolute atomic E-state index is 12.8. The van der Waals surface area contributed by atoms with Crippen molar-refractivity contribution in [2.45, 2.75) is 26.2 Å². The van der Waals surface area contributed by atoms with Crippen molar-refractivity contribution >= 4 is 5.91 Å². The molecule has 0 saturated carbocycles. The molecule has 2 aromatic rings. The predicted octanol–water partition coefficient (Wildman–Crippen LogP) is 3.37. The van der Waals surface area contributed by atoms with Gasteiger partial charge < -0.3 is 15.1 Å². The van der Waals surface area contributed by atoms with Gasteiger partial charge in [0.05, 0.1) is 0 Å². The van der Waals surface area contributed by atoms with Gasteiger partial charge in [0.15, 0.2) is 0 Å². The zero-order valence-electron chi connectivity index (χ0n) is 16.0. The second-order valence-electron chi connectivity index (χ2n) is 7.57. The SMILES string of the molecule is CCCc1ccc(-c2ccc(C(=O)N3C[C@H](CO)C[C@H](CO)C3)cc2)cc1. The van der Waals surface area contributed by atoms with Gasteiger partial charge in [0.25, 0.3) is 5.91 Å². The van der Waals surface area contributed by atoms with Crippen LogP contribution in [0.2, 0.25) is 0 Å². The van der Waals surface area contributed by atoms with E-state index in [1.54, 1.807) is 4.90 Å². The lowest BCUT2D eigenvalue weighted by Gasteiger charge is -2.36. The Morgan fingerprint density at radius 3 is 1.93 bits per heavy atom. The number of carbonyl (C=O) groups is 1. The van der Waals surface area contributed by atoms with Crippen LogP contribution in [0.1, 0.15) is 35.7 Å². The number of aryl methyl sites for hydroxylation is 1. The lowest BCUT2D eigenvalue weighted by molar-refractivity contribution is 0.0415. The average Bonchev–Trinajstić information content (AvgIpc) is 2.73. The third-order valence-electron chi connectivity index (χ3n) is 5.39. The Labute approximate surface area is 161 Å². The summed E-state index contributed by atoms with van der Waals surface area (Å²) in [5.41, 5.74) is 4.23. The molecule has 1 aliphatic rings. The number of likely N-dealkylation sites (tertiary alicyclic amines) is 1. The number of amides is 1. The summed E-state index contributed by atoms with van der Waals surface area (Å²) in [6, 6.07) is 16.3. The van der Waals surface area contributed by atoms with Crippen LogP contribution in [0.3, 0.4) is 0 Å². The molecule has 1 aliphatic heterocycles. The van der Waals surface area contributed by atoms with E-state index in [-0.39, 0.29) is 31.0 Å². The minimum atomic E-state index is -0.0311. The van der Waals surface area contributed by atoms with Gasteiger partial charge in [0.2, 0.25) is 0 Å². The Morgan fingerprint density at radius 2 is 1.44 bits per heavy atom. The molecule has 4 nitrogen and oxygen atoms in total. The maximum atomic E-state index is 12.8. The first-order chi connectivity index (χ1) is 13.1. The van der Waals surface area contributed by atoms with E-state index in [4.69, 9.17) is 0 Å². The van der Waals surface area contributed by atoms with Crippen molar-refractivity contribution in [3.05, 3.63) is 59.7 Å². The first kappa shape index (κ1) is 19.6. The molecule has 144 valence electrons.